The van der Waals surface area contributed by atoms with Crippen LogP contribution in [-0.4, -0.2) is 32.2 Å². The molecule has 1 atom stereocenters. The highest BCUT2D eigenvalue weighted by atomic mass is 19.1. The fourth-order valence-corrected chi connectivity index (χ4v) is 2.62. The van der Waals surface area contributed by atoms with E-state index >= 15 is 0 Å². The predicted octanol–water partition coefficient (Wildman–Crippen LogP) is 2.63. The lowest BCUT2D eigenvalue weighted by Crippen LogP contribution is -2.30. The maximum atomic E-state index is 13.2. The third kappa shape index (κ3) is 4.11. The first-order chi connectivity index (χ1) is 12.6. The van der Waals surface area contributed by atoms with E-state index < -0.39 is 17.8 Å². The summed E-state index contributed by atoms with van der Waals surface area (Å²) in [6, 6.07) is 9.80. The van der Waals surface area contributed by atoms with Crippen molar-refractivity contribution in [1.29, 1.82) is 0 Å². The van der Waals surface area contributed by atoms with Crippen LogP contribution < -0.4 is 14.8 Å². The number of hydrogen-bond acceptors (Lipinski definition) is 5. The smallest absolute Gasteiger partial charge is 0.307 e. The van der Waals surface area contributed by atoms with E-state index in [0.29, 0.717) is 35.8 Å². The minimum absolute atomic E-state index is 0.0710. The van der Waals surface area contributed by atoms with Crippen molar-refractivity contribution in [3.63, 3.8) is 0 Å². The number of amides is 1. The molecule has 1 aliphatic rings. The zero-order valence-corrected chi connectivity index (χ0v) is 14.2. The molecule has 1 amide bonds. The molecular weight excluding hydrogens is 341 g/mol. The van der Waals surface area contributed by atoms with Crippen LogP contribution in [0.15, 0.2) is 42.5 Å². The van der Waals surface area contributed by atoms with Crippen molar-refractivity contribution < 1.29 is 28.2 Å². The van der Waals surface area contributed by atoms with Gasteiger partial charge in [0.2, 0.25) is 0 Å². The molecule has 1 heterocycles. The molecule has 1 aliphatic heterocycles. The maximum Gasteiger partial charge on any atom is 0.307 e. The van der Waals surface area contributed by atoms with Crippen LogP contribution in [0.1, 0.15) is 28.4 Å². The van der Waals surface area contributed by atoms with Gasteiger partial charge in [-0.05, 0) is 35.9 Å². The topological polar surface area (TPSA) is 73.9 Å². The van der Waals surface area contributed by atoms with Crippen LogP contribution in [0, 0.1) is 5.82 Å². The van der Waals surface area contributed by atoms with Gasteiger partial charge in [0.05, 0.1) is 19.6 Å². The lowest BCUT2D eigenvalue weighted by atomic mass is 10.0. The lowest BCUT2D eigenvalue weighted by molar-refractivity contribution is -0.141. The monoisotopic (exact) mass is 359 g/mol. The van der Waals surface area contributed by atoms with Gasteiger partial charge in [0.25, 0.3) is 5.91 Å². The summed E-state index contributed by atoms with van der Waals surface area (Å²) in [6.45, 7) is 0.878. The summed E-state index contributed by atoms with van der Waals surface area (Å²) in [5.41, 5.74) is 0.967. The van der Waals surface area contributed by atoms with Crippen LogP contribution in [0.4, 0.5) is 4.39 Å². The standard InChI is InChI=1S/C19H18FNO5/c1-24-18(22)11-15(12-2-5-14(20)6-3-12)21-19(23)13-4-7-16-17(10-13)26-9-8-25-16/h2-7,10,15H,8-9,11H2,1H3,(H,21,23)/t15-/m0/s1. The van der Waals surface area contributed by atoms with Crippen LogP contribution in [0.25, 0.3) is 0 Å². The van der Waals surface area contributed by atoms with Crippen LogP contribution >= 0.6 is 0 Å². The van der Waals surface area contributed by atoms with E-state index in [1.54, 1.807) is 18.2 Å². The predicted molar refractivity (Wildman–Crippen MR) is 90.7 cm³/mol. The second-order valence-corrected chi connectivity index (χ2v) is 5.72. The molecule has 7 heteroatoms. The Morgan fingerprint density at radius 1 is 1.12 bits per heavy atom. The van der Waals surface area contributed by atoms with Crippen molar-refractivity contribution in [2.24, 2.45) is 0 Å². The maximum absolute atomic E-state index is 13.2. The average Bonchev–Trinajstić information content (AvgIpc) is 2.67. The minimum Gasteiger partial charge on any atom is -0.486 e. The molecule has 0 spiro atoms. The summed E-state index contributed by atoms with van der Waals surface area (Å²) >= 11 is 0. The van der Waals surface area contributed by atoms with Crippen molar-refractivity contribution in [1.82, 2.24) is 5.32 Å². The molecule has 0 aliphatic carbocycles. The molecule has 1 N–H and O–H groups in total. The fraction of sp³-hybridized carbons (Fsp3) is 0.263. The first-order valence-corrected chi connectivity index (χ1v) is 8.09. The molecule has 2 aromatic carbocycles. The van der Waals surface area contributed by atoms with Crippen LogP contribution in [0.3, 0.4) is 0 Å². The molecule has 136 valence electrons. The second kappa shape index (κ2) is 7.86. The summed E-state index contributed by atoms with van der Waals surface area (Å²) in [4.78, 5) is 24.3. The van der Waals surface area contributed by atoms with Crippen molar-refractivity contribution in [3.05, 3.63) is 59.4 Å². The zero-order valence-electron chi connectivity index (χ0n) is 14.2. The number of carbonyl (C=O) groups excluding carboxylic acids is 2. The Labute approximate surface area is 149 Å². The normalized spacial score (nSPS) is 13.6. The molecule has 0 aromatic heterocycles. The van der Waals surface area contributed by atoms with Gasteiger partial charge in [0.1, 0.15) is 19.0 Å². The van der Waals surface area contributed by atoms with Gasteiger partial charge >= 0.3 is 5.97 Å². The number of rotatable bonds is 5. The Morgan fingerprint density at radius 3 is 2.50 bits per heavy atom. The Kier molecular flexibility index (Phi) is 5.36. The number of esters is 1. The van der Waals surface area contributed by atoms with Gasteiger partial charge in [-0.1, -0.05) is 12.1 Å². The SMILES string of the molecule is COC(=O)C[C@H](NC(=O)c1ccc2c(c1)OCCO2)c1ccc(F)cc1. The molecule has 0 unspecified atom stereocenters. The number of carbonyl (C=O) groups is 2. The number of nitrogens with one attached hydrogen (secondary N) is 1. The molecule has 0 radical (unpaired) electrons. The number of hydrogen-bond donors (Lipinski definition) is 1. The van der Waals surface area contributed by atoms with Gasteiger partial charge in [-0.15, -0.1) is 0 Å². The van der Waals surface area contributed by atoms with Crippen LogP contribution in [0.5, 0.6) is 11.5 Å². The second-order valence-electron chi connectivity index (χ2n) is 5.72. The van der Waals surface area contributed by atoms with E-state index in [0.717, 1.165) is 0 Å². The third-order valence-electron chi connectivity index (χ3n) is 3.98. The number of fused-ring (bicyclic) bond motifs is 1. The Balaban J connectivity index is 1.80. The molecule has 0 saturated carbocycles. The molecule has 0 fully saturated rings. The molecule has 6 nitrogen and oxygen atoms in total. The van der Waals surface area contributed by atoms with E-state index in [2.05, 4.69) is 10.1 Å². The van der Waals surface area contributed by atoms with Gasteiger partial charge in [-0.2, -0.15) is 0 Å². The van der Waals surface area contributed by atoms with Crippen molar-refractivity contribution in [2.45, 2.75) is 12.5 Å². The van der Waals surface area contributed by atoms with Gasteiger partial charge in [-0.25, -0.2) is 4.39 Å². The fourth-order valence-electron chi connectivity index (χ4n) is 2.62. The van der Waals surface area contributed by atoms with Gasteiger partial charge in [0, 0.05) is 5.56 Å². The van der Waals surface area contributed by atoms with E-state index in [9.17, 15) is 14.0 Å². The van der Waals surface area contributed by atoms with Crippen molar-refractivity contribution >= 4 is 11.9 Å². The number of benzene rings is 2. The highest BCUT2D eigenvalue weighted by molar-refractivity contribution is 5.95. The molecule has 0 saturated heterocycles. The lowest BCUT2D eigenvalue weighted by Gasteiger charge is -2.20. The Hall–Kier alpha value is -3.09. The van der Waals surface area contributed by atoms with Gasteiger partial charge < -0.3 is 19.5 Å². The summed E-state index contributed by atoms with van der Waals surface area (Å²) in [5, 5.41) is 2.78. The Bertz CT molecular complexity index is 806. The van der Waals surface area contributed by atoms with Crippen LogP contribution in [0.2, 0.25) is 0 Å². The molecule has 2 aromatic rings. The molecule has 0 bridgehead atoms. The zero-order chi connectivity index (χ0) is 18.5. The van der Waals surface area contributed by atoms with Gasteiger partial charge in [-0.3, -0.25) is 9.59 Å². The molecular formula is C19H18FNO5. The van der Waals surface area contributed by atoms with Crippen LogP contribution in [-0.2, 0) is 9.53 Å². The van der Waals surface area contributed by atoms with Crippen molar-refractivity contribution in [2.75, 3.05) is 20.3 Å². The molecule has 26 heavy (non-hydrogen) atoms. The molecule has 3 rings (SSSR count). The summed E-state index contributed by atoms with van der Waals surface area (Å²) in [7, 11) is 1.27. The highest BCUT2D eigenvalue weighted by Crippen LogP contribution is 2.31. The quantitative estimate of drug-likeness (QED) is 0.831. The minimum atomic E-state index is -0.649. The third-order valence-corrected chi connectivity index (χ3v) is 3.98. The van der Waals surface area contributed by atoms with Crippen molar-refractivity contribution in [3.8, 4) is 11.5 Å². The van der Waals surface area contributed by atoms with Gasteiger partial charge in [0.15, 0.2) is 11.5 Å². The highest BCUT2D eigenvalue weighted by Gasteiger charge is 2.21. The summed E-state index contributed by atoms with van der Waals surface area (Å²) in [5.74, 6) is -0.196. The summed E-state index contributed by atoms with van der Waals surface area (Å²) in [6.07, 6.45) is -0.0710. The first-order valence-electron chi connectivity index (χ1n) is 8.09. The number of methoxy groups -OCH3 is 1. The first kappa shape index (κ1) is 17.7. The summed E-state index contributed by atoms with van der Waals surface area (Å²) < 4.78 is 28.8. The largest absolute Gasteiger partial charge is 0.486 e. The van der Waals surface area contributed by atoms with E-state index in [4.69, 9.17) is 9.47 Å². The van der Waals surface area contributed by atoms with E-state index in [1.807, 2.05) is 0 Å². The average molecular weight is 359 g/mol. The number of ether oxygens (including phenoxy) is 3. The van der Waals surface area contributed by atoms with E-state index in [-0.39, 0.29) is 12.3 Å². The number of halogens is 1. The Morgan fingerprint density at radius 2 is 1.81 bits per heavy atom. The van der Waals surface area contributed by atoms with E-state index in [1.165, 1.54) is 31.4 Å².